The smallest absolute Gasteiger partial charge is 0.263 e. The number of aryl methyl sites for hydroxylation is 1. The molecule has 2 saturated heterocycles. The second kappa shape index (κ2) is 8.71. The van der Waals surface area contributed by atoms with Gasteiger partial charge in [0.2, 0.25) is 5.91 Å². The molecule has 2 amide bonds. The van der Waals surface area contributed by atoms with Crippen LogP contribution in [0.3, 0.4) is 0 Å². The van der Waals surface area contributed by atoms with Crippen molar-refractivity contribution in [3.8, 4) is 0 Å². The second-order valence-electron chi connectivity index (χ2n) is 7.74. The number of ether oxygens (including phenoxy) is 1. The van der Waals surface area contributed by atoms with Crippen LogP contribution in [0.25, 0.3) is 0 Å². The number of carbonyl (C=O) groups excluding carboxylic acids is 2. The molecule has 3 aliphatic rings. The van der Waals surface area contributed by atoms with Crippen LogP contribution in [0, 0.1) is 5.92 Å². The van der Waals surface area contributed by atoms with Gasteiger partial charge < -0.3 is 15.0 Å². The van der Waals surface area contributed by atoms with Gasteiger partial charge in [-0.2, -0.15) is 0 Å². The standard InChI is InChI=1S/C20H29N3O3S/c24-19(21-5-8-22-9-11-26-12-10-22)15-3-4-17-16(13-15)14-18(27-17)20(25)23-6-1-2-7-23/h14-15H,1-13H2,(H,21,24). The number of likely N-dealkylation sites (tertiary alicyclic amines) is 1. The molecule has 3 heterocycles. The Hall–Kier alpha value is -1.44. The van der Waals surface area contributed by atoms with Crippen molar-refractivity contribution in [2.45, 2.75) is 32.1 Å². The van der Waals surface area contributed by atoms with Gasteiger partial charge in [0.05, 0.1) is 18.1 Å². The fraction of sp³-hybridized carbons (Fsp3) is 0.700. The molecular weight excluding hydrogens is 362 g/mol. The number of nitrogens with zero attached hydrogens (tertiary/aromatic N) is 2. The quantitative estimate of drug-likeness (QED) is 0.827. The average Bonchev–Trinajstić information content (AvgIpc) is 3.37. The topological polar surface area (TPSA) is 61.9 Å². The third-order valence-corrected chi connectivity index (χ3v) is 7.11. The Kier molecular flexibility index (Phi) is 6.10. The normalized spacial score (nSPS) is 23.3. The Bertz CT molecular complexity index is 678. The van der Waals surface area contributed by atoms with Crippen molar-refractivity contribution in [1.29, 1.82) is 0 Å². The summed E-state index contributed by atoms with van der Waals surface area (Å²) in [6.07, 6.45) is 4.79. The molecule has 0 radical (unpaired) electrons. The minimum Gasteiger partial charge on any atom is -0.379 e. The van der Waals surface area contributed by atoms with Crippen molar-refractivity contribution in [3.63, 3.8) is 0 Å². The molecule has 1 unspecified atom stereocenters. The third-order valence-electron chi connectivity index (χ3n) is 5.89. The van der Waals surface area contributed by atoms with E-state index in [1.807, 2.05) is 11.0 Å². The Morgan fingerprint density at radius 1 is 1.19 bits per heavy atom. The van der Waals surface area contributed by atoms with E-state index >= 15 is 0 Å². The Labute approximate surface area is 164 Å². The molecule has 1 N–H and O–H groups in total. The van der Waals surface area contributed by atoms with Gasteiger partial charge in [0.15, 0.2) is 0 Å². The number of carbonyl (C=O) groups is 2. The largest absolute Gasteiger partial charge is 0.379 e. The fourth-order valence-corrected chi connectivity index (χ4v) is 5.41. The molecule has 7 heteroatoms. The number of nitrogens with one attached hydrogen (secondary N) is 1. The van der Waals surface area contributed by atoms with Crippen molar-refractivity contribution in [3.05, 3.63) is 21.4 Å². The van der Waals surface area contributed by atoms with Crippen molar-refractivity contribution in [1.82, 2.24) is 15.1 Å². The molecule has 2 aliphatic heterocycles. The first-order chi connectivity index (χ1) is 13.2. The molecule has 4 rings (SSSR count). The highest BCUT2D eigenvalue weighted by Gasteiger charge is 2.29. The van der Waals surface area contributed by atoms with Crippen LogP contribution in [0.2, 0.25) is 0 Å². The molecular formula is C20H29N3O3S. The lowest BCUT2D eigenvalue weighted by atomic mass is 9.88. The van der Waals surface area contributed by atoms with Crippen LogP contribution in [-0.4, -0.2) is 74.1 Å². The first-order valence-corrected chi connectivity index (χ1v) is 11.0. The van der Waals surface area contributed by atoms with E-state index in [0.29, 0.717) is 6.54 Å². The molecule has 2 fully saturated rings. The summed E-state index contributed by atoms with van der Waals surface area (Å²) in [5, 5.41) is 3.11. The molecule has 148 valence electrons. The van der Waals surface area contributed by atoms with Crippen molar-refractivity contribution >= 4 is 23.2 Å². The Morgan fingerprint density at radius 3 is 2.74 bits per heavy atom. The number of fused-ring (bicyclic) bond motifs is 1. The first-order valence-electron chi connectivity index (χ1n) is 10.2. The number of hydrogen-bond donors (Lipinski definition) is 1. The van der Waals surface area contributed by atoms with E-state index in [-0.39, 0.29) is 17.7 Å². The van der Waals surface area contributed by atoms with Crippen LogP contribution in [0.5, 0.6) is 0 Å². The Balaban J connectivity index is 1.28. The SMILES string of the molecule is O=C(NCCN1CCOCC1)C1CCc2sc(C(=O)N3CCCC3)cc2C1. The van der Waals surface area contributed by atoms with Gasteiger partial charge in [0.25, 0.3) is 5.91 Å². The lowest BCUT2D eigenvalue weighted by Gasteiger charge is -2.27. The molecule has 27 heavy (non-hydrogen) atoms. The summed E-state index contributed by atoms with van der Waals surface area (Å²) in [6, 6.07) is 2.05. The van der Waals surface area contributed by atoms with Crippen molar-refractivity contribution in [2.24, 2.45) is 5.92 Å². The van der Waals surface area contributed by atoms with Gasteiger partial charge >= 0.3 is 0 Å². The lowest BCUT2D eigenvalue weighted by molar-refractivity contribution is -0.125. The predicted molar refractivity (Wildman–Crippen MR) is 105 cm³/mol. The van der Waals surface area contributed by atoms with E-state index in [2.05, 4.69) is 10.2 Å². The van der Waals surface area contributed by atoms with Gasteiger partial charge in [-0.3, -0.25) is 14.5 Å². The maximum absolute atomic E-state index is 12.6. The zero-order valence-electron chi connectivity index (χ0n) is 15.9. The molecule has 1 aromatic heterocycles. The van der Waals surface area contributed by atoms with E-state index in [1.54, 1.807) is 11.3 Å². The van der Waals surface area contributed by atoms with Gasteiger partial charge in [0, 0.05) is 50.1 Å². The molecule has 0 spiro atoms. The third kappa shape index (κ3) is 4.52. The molecule has 6 nitrogen and oxygen atoms in total. The van der Waals surface area contributed by atoms with Crippen LogP contribution in [0.15, 0.2) is 6.07 Å². The van der Waals surface area contributed by atoms with E-state index in [0.717, 1.165) is 82.9 Å². The average molecular weight is 392 g/mol. The minimum atomic E-state index is 0.0338. The summed E-state index contributed by atoms with van der Waals surface area (Å²) < 4.78 is 5.35. The maximum atomic E-state index is 12.6. The lowest BCUT2D eigenvalue weighted by Crippen LogP contribution is -2.43. The van der Waals surface area contributed by atoms with Gasteiger partial charge in [-0.1, -0.05) is 0 Å². The highest BCUT2D eigenvalue weighted by Crippen LogP contribution is 2.33. The summed E-state index contributed by atoms with van der Waals surface area (Å²) in [7, 11) is 0. The highest BCUT2D eigenvalue weighted by atomic mass is 32.1. The van der Waals surface area contributed by atoms with Crippen molar-refractivity contribution < 1.29 is 14.3 Å². The van der Waals surface area contributed by atoms with E-state index in [4.69, 9.17) is 4.74 Å². The van der Waals surface area contributed by atoms with Gasteiger partial charge in [-0.15, -0.1) is 11.3 Å². The van der Waals surface area contributed by atoms with Crippen LogP contribution in [-0.2, 0) is 22.4 Å². The molecule has 0 saturated carbocycles. The summed E-state index contributed by atoms with van der Waals surface area (Å²) in [5.74, 6) is 0.373. The number of thiophene rings is 1. The molecule has 0 bridgehead atoms. The van der Waals surface area contributed by atoms with Crippen molar-refractivity contribution in [2.75, 3.05) is 52.5 Å². The monoisotopic (exact) mass is 391 g/mol. The first kappa shape index (κ1) is 18.9. The number of hydrogen-bond acceptors (Lipinski definition) is 5. The van der Waals surface area contributed by atoms with Crippen LogP contribution >= 0.6 is 11.3 Å². The van der Waals surface area contributed by atoms with Gasteiger partial charge in [-0.25, -0.2) is 0 Å². The predicted octanol–water partition coefficient (Wildman–Crippen LogP) is 1.54. The van der Waals surface area contributed by atoms with Crippen LogP contribution in [0.4, 0.5) is 0 Å². The van der Waals surface area contributed by atoms with E-state index < -0.39 is 0 Å². The number of rotatable bonds is 5. The second-order valence-corrected chi connectivity index (χ2v) is 8.88. The highest BCUT2D eigenvalue weighted by molar-refractivity contribution is 7.14. The summed E-state index contributed by atoms with van der Waals surface area (Å²) in [6.45, 7) is 6.83. The van der Waals surface area contributed by atoms with E-state index in [1.165, 1.54) is 10.4 Å². The van der Waals surface area contributed by atoms with Crippen LogP contribution < -0.4 is 5.32 Å². The number of morpholine rings is 1. The zero-order valence-corrected chi connectivity index (χ0v) is 16.7. The van der Waals surface area contributed by atoms with Gasteiger partial charge in [0.1, 0.15) is 0 Å². The molecule has 1 aliphatic carbocycles. The summed E-state index contributed by atoms with van der Waals surface area (Å²) in [4.78, 5) is 31.6. The van der Waals surface area contributed by atoms with Gasteiger partial charge in [-0.05, 0) is 43.7 Å². The molecule has 1 atom stereocenters. The summed E-state index contributed by atoms with van der Waals surface area (Å²) >= 11 is 1.64. The van der Waals surface area contributed by atoms with Crippen LogP contribution in [0.1, 0.15) is 39.4 Å². The minimum absolute atomic E-state index is 0.0338. The zero-order chi connectivity index (χ0) is 18.6. The summed E-state index contributed by atoms with van der Waals surface area (Å²) in [5.41, 5.74) is 1.21. The molecule has 1 aromatic rings. The maximum Gasteiger partial charge on any atom is 0.263 e. The van der Waals surface area contributed by atoms with E-state index in [9.17, 15) is 9.59 Å². The Morgan fingerprint density at radius 2 is 1.96 bits per heavy atom. The number of amides is 2. The fourth-order valence-electron chi connectivity index (χ4n) is 4.24. The molecule has 0 aromatic carbocycles.